The first kappa shape index (κ1) is 13.2. The second-order valence-electron chi connectivity index (χ2n) is 4.90. The number of rotatable bonds is 6. The molecule has 0 aliphatic heterocycles. The van der Waals surface area contributed by atoms with E-state index in [0.29, 0.717) is 12.0 Å². The first-order chi connectivity index (χ1) is 7.69. The fraction of sp³-hybridized carbons (Fsp3) is 0.600. The average Bonchev–Trinajstić information content (AvgIpc) is 2.31. The Morgan fingerprint density at radius 2 is 1.75 bits per heavy atom. The molecule has 0 radical (unpaired) electrons. The van der Waals surface area contributed by atoms with Gasteiger partial charge >= 0.3 is 0 Å². The molecule has 1 N–H and O–H groups in total. The van der Waals surface area contributed by atoms with E-state index >= 15 is 0 Å². The molecule has 3 unspecified atom stereocenters. The Morgan fingerprint density at radius 1 is 1.12 bits per heavy atom. The molecule has 0 spiro atoms. The van der Waals surface area contributed by atoms with Crippen molar-refractivity contribution in [2.75, 3.05) is 7.05 Å². The molecule has 3 atom stereocenters. The van der Waals surface area contributed by atoms with Crippen molar-refractivity contribution >= 4 is 0 Å². The van der Waals surface area contributed by atoms with Crippen LogP contribution in [0, 0.1) is 11.8 Å². The lowest BCUT2D eigenvalue weighted by atomic mass is 9.86. The van der Waals surface area contributed by atoms with Crippen LogP contribution in [0.15, 0.2) is 30.3 Å². The maximum atomic E-state index is 3.45. The first-order valence-electron chi connectivity index (χ1n) is 6.41. The van der Waals surface area contributed by atoms with Crippen LogP contribution in [0.5, 0.6) is 0 Å². The zero-order chi connectivity index (χ0) is 12.0. The molecular formula is C15H25N. The summed E-state index contributed by atoms with van der Waals surface area (Å²) in [7, 11) is 2.06. The van der Waals surface area contributed by atoms with Gasteiger partial charge in [0, 0.05) is 6.04 Å². The molecule has 90 valence electrons. The fourth-order valence-corrected chi connectivity index (χ4v) is 2.38. The Hall–Kier alpha value is -0.820. The molecule has 0 aromatic heterocycles. The highest BCUT2D eigenvalue weighted by Crippen LogP contribution is 2.27. The lowest BCUT2D eigenvalue weighted by Crippen LogP contribution is -2.24. The minimum atomic E-state index is 0.482. The first-order valence-corrected chi connectivity index (χ1v) is 6.41. The van der Waals surface area contributed by atoms with E-state index in [4.69, 9.17) is 0 Å². The predicted octanol–water partition coefficient (Wildman–Crippen LogP) is 4.02. The normalized spacial score (nSPS) is 16.8. The van der Waals surface area contributed by atoms with Gasteiger partial charge in [0.15, 0.2) is 0 Å². The van der Waals surface area contributed by atoms with Gasteiger partial charge in [-0.15, -0.1) is 0 Å². The van der Waals surface area contributed by atoms with Gasteiger partial charge < -0.3 is 5.32 Å². The van der Waals surface area contributed by atoms with Crippen LogP contribution in [0.25, 0.3) is 0 Å². The summed E-state index contributed by atoms with van der Waals surface area (Å²) in [5.41, 5.74) is 1.40. The Bertz CT molecular complexity index is 281. The fourth-order valence-electron chi connectivity index (χ4n) is 2.38. The van der Waals surface area contributed by atoms with Crippen molar-refractivity contribution in [2.24, 2.45) is 11.8 Å². The van der Waals surface area contributed by atoms with E-state index in [1.54, 1.807) is 0 Å². The van der Waals surface area contributed by atoms with Gasteiger partial charge in [-0.05, 0) is 30.9 Å². The molecule has 0 saturated carbocycles. The molecule has 1 heteroatoms. The summed E-state index contributed by atoms with van der Waals surface area (Å²) in [6, 6.07) is 11.2. The maximum absolute atomic E-state index is 3.45. The number of nitrogens with one attached hydrogen (secondary N) is 1. The van der Waals surface area contributed by atoms with E-state index < -0.39 is 0 Å². The van der Waals surface area contributed by atoms with Gasteiger partial charge in [0.05, 0.1) is 0 Å². The standard InChI is InChI=1S/C15H25N/c1-5-12(2)11-13(3)15(16-4)14-9-7-6-8-10-14/h6-10,12-13,15-16H,5,11H2,1-4H3. The van der Waals surface area contributed by atoms with Gasteiger partial charge in [0.2, 0.25) is 0 Å². The zero-order valence-corrected chi connectivity index (χ0v) is 11.0. The largest absolute Gasteiger partial charge is 0.313 e. The SMILES string of the molecule is CCC(C)CC(C)C(NC)c1ccccc1. The van der Waals surface area contributed by atoms with Crippen LogP contribution in [-0.4, -0.2) is 7.05 Å². The molecule has 0 amide bonds. The molecule has 0 aliphatic carbocycles. The van der Waals surface area contributed by atoms with Crippen LogP contribution in [0.1, 0.15) is 45.2 Å². The summed E-state index contributed by atoms with van der Waals surface area (Å²) in [5, 5.41) is 3.45. The lowest BCUT2D eigenvalue weighted by Gasteiger charge is -2.26. The van der Waals surface area contributed by atoms with E-state index in [-0.39, 0.29) is 0 Å². The van der Waals surface area contributed by atoms with Crippen LogP contribution in [0.2, 0.25) is 0 Å². The van der Waals surface area contributed by atoms with E-state index in [9.17, 15) is 0 Å². The van der Waals surface area contributed by atoms with Crippen molar-refractivity contribution in [3.63, 3.8) is 0 Å². The number of hydrogen-bond acceptors (Lipinski definition) is 1. The second-order valence-corrected chi connectivity index (χ2v) is 4.90. The van der Waals surface area contributed by atoms with Crippen molar-refractivity contribution in [1.29, 1.82) is 0 Å². The summed E-state index contributed by atoms with van der Waals surface area (Å²) in [4.78, 5) is 0. The number of hydrogen-bond donors (Lipinski definition) is 1. The molecule has 16 heavy (non-hydrogen) atoms. The second kappa shape index (κ2) is 6.70. The summed E-state index contributed by atoms with van der Waals surface area (Å²) in [6.07, 6.45) is 2.56. The summed E-state index contributed by atoms with van der Waals surface area (Å²) < 4.78 is 0. The van der Waals surface area contributed by atoms with Crippen LogP contribution in [0.3, 0.4) is 0 Å². The highest BCUT2D eigenvalue weighted by Gasteiger charge is 2.18. The molecule has 1 nitrogen and oxygen atoms in total. The maximum Gasteiger partial charge on any atom is 0.0343 e. The van der Waals surface area contributed by atoms with Gasteiger partial charge in [-0.3, -0.25) is 0 Å². The highest BCUT2D eigenvalue weighted by molar-refractivity contribution is 5.19. The topological polar surface area (TPSA) is 12.0 Å². The van der Waals surface area contributed by atoms with Gasteiger partial charge in [-0.25, -0.2) is 0 Å². The molecule has 1 aromatic rings. The summed E-state index contributed by atoms with van der Waals surface area (Å²) in [6.45, 7) is 6.96. The highest BCUT2D eigenvalue weighted by atomic mass is 14.9. The molecular weight excluding hydrogens is 194 g/mol. The minimum absolute atomic E-state index is 0.482. The summed E-state index contributed by atoms with van der Waals surface area (Å²) in [5.74, 6) is 1.50. The van der Waals surface area contributed by atoms with Crippen molar-refractivity contribution in [2.45, 2.75) is 39.7 Å². The quantitative estimate of drug-likeness (QED) is 0.762. The summed E-state index contributed by atoms with van der Waals surface area (Å²) >= 11 is 0. The van der Waals surface area contributed by atoms with E-state index in [0.717, 1.165) is 5.92 Å². The van der Waals surface area contributed by atoms with Crippen LogP contribution < -0.4 is 5.32 Å². The van der Waals surface area contributed by atoms with Gasteiger partial charge in [-0.2, -0.15) is 0 Å². The van der Waals surface area contributed by atoms with Crippen LogP contribution in [0.4, 0.5) is 0 Å². The average molecular weight is 219 g/mol. The number of benzene rings is 1. The Morgan fingerprint density at radius 3 is 2.25 bits per heavy atom. The van der Waals surface area contributed by atoms with Gasteiger partial charge in [-0.1, -0.05) is 57.5 Å². The van der Waals surface area contributed by atoms with Crippen molar-refractivity contribution in [1.82, 2.24) is 5.32 Å². The molecule has 0 saturated heterocycles. The van der Waals surface area contributed by atoms with Crippen molar-refractivity contribution in [3.8, 4) is 0 Å². The van der Waals surface area contributed by atoms with Crippen LogP contribution >= 0.6 is 0 Å². The smallest absolute Gasteiger partial charge is 0.0343 e. The van der Waals surface area contributed by atoms with Crippen LogP contribution in [-0.2, 0) is 0 Å². The van der Waals surface area contributed by atoms with Crippen molar-refractivity contribution < 1.29 is 0 Å². The minimum Gasteiger partial charge on any atom is -0.313 e. The monoisotopic (exact) mass is 219 g/mol. The Kier molecular flexibility index (Phi) is 5.54. The molecule has 0 aliphatic rings. The molecule has 1 aromatic carbocycles. The van der Waals surface area contributed by atoms with Gasteiger partial charge in [0.1, 0.15) is 0 Å². The van der Waals surface area contributed by atoms with E-state index in [1.165, 1.54) is 18.4 Å². The third-order valence-electron chi connectivity index (χ3n) is 3.51. The van der Waals surface area contributed by atoms with Crippen molar-refractivity contribution in [3.05, 3.63) is 35.9 Å². The third kappa shape index (κ3) is 3.64. The zero-order valence-electron chi connectivity index (χ0n) is 11.0. The molecule has 0 bridgehead atoms. The Labute approximate surface area is 100 Å². The lowest BCUT2D eigenvalue weighted by molar-refractivity contribution is 0.327. The van der Waals surface area contributed by atoms with E-state index in [2.05, 4.69) is 63.5 Å². The molecule has 0 heterocycles. The molecule has 0 fully saturated rings. The molecule has 1 rings (SSSR count). The van der Waals surface area contributed by atoms with E-state index in [1.807, 2.05) is 0 Å². The Balaban J connectivity index is 2.67. The van der Waals surface area contributed by atoms with Gasteiger partial charge in [0.25, 0.3) is 0 Å². The predicted molar refractivity (Wildman–Crippen MR) is 71.5 cm³/mol. The third-order valence-corrected chi connectivity index (χ3v) is 3.51.